The van der Waals surface area contributed by atoms with E-state index in [1.807, 2.05) is 29.5 Å². The lowest BCUT2D eigenvalue weighted by molar-refractivity contribution is 0.414. The van der Waals surface area contributed by atoms with Gasteiger partial charge in [-0.1, -0.05) is 25.1 Å². The van der Waals surface area contributed by atoms with Crippen molar-refractivity contribution in [2.24, 2.45) is 0 Å². The first kappa shape index (κ1) is 15.1. The molecule has 2 aromatic rings. The molecule has 0 fully saturated rings. The van der Waals surface area contributed by atoms with Gasteiger partial charge in [-0.2, -0.15) is 0 Å². The van der Waals surface area contributed by atoms with Crippen LogP contribution in [0.15, 0.2) is 36.4 Å². The molecule has 0 spiro atoms. The number of para-hydroxylation sites is 1. The second-order valence-corrected chi connectivity index (χ2v) is 6.68. The minimum Gasteiger partial charge on any atom is -0.508 e. The molecule has 0 radical (unpaired) electrons. The summed E-state index contributed by atoms with van der Waals surface area (Å²) < 4.78 is 0. The SMILES string of the molecule is CCC(NC(C)Cc1ccc(C)s1)c1ccccc1O. The third kappa shape index (κ3) is 3.84. The topological polar surface area (TPSA) is 32.3 Å². The Morgan fingerprint density at radius 1 is 1.20 bits per heavy atom. The zero-order valence-corrected chi connectivity index (χ0v) is 13.2. The van der Waals surface area contributed by atoms with Crippen molar-refractivity contribution in [3.05, 3.63) is 51.7 Å². The van der Waals surface area contributed by atoms with Gasteiger partial charge in [-0.15, -0.1) is 11.3 Å². The van der Waals surface area contributed by atoms with Crippen LogP contribution < -0.4 is 5.32 Å². The fraction of sp³-hybridized carbons (Fsp3) is 0.412. The van der Waals surface area contributed by atoms with E-state index in [1.165, 1.54) is 9.75 Å². The van der Waals surface area contributed by atoms with E-state index in [4.69, 9.17) is 0 Å². The van der Waals surface area contributed by atoms with E-state index in [0.717, 1.165) is 18.4 Å². The van der Waals surface area contributed by atoms with Crippen LogP contribution in [-0.2, 0) is 6.42 Å². The fourth-order valence-corrected chi connectivity index (χ4v) is 3.53. The van der Waals surface area contributed by atoms with Gasteiger partial charge in [-0.3, -0.25) is 0 Å². The highest BCUT2D eigenvalue weighted by Gasteiger charge is 2.16. The smallest absolute Gasteiger partial charge is 0.120 e. The number of phenols is 1. The van der Waals surface area contributed by atoms with Crippen LogP contribution in [-0.4, -0.2) is 11.1 Å². The number of nitrogens with one attached hydrogen (secondary N) is 1. The maximum absolute atomic E-state index is 9.98. The first-order chi connectivity index (χ1) is 9.60. The average molecular weight is 289 g/mol. The largest absolute Gasteiger partial charge is 0.508 e. The third-order valence-corrected chi connectivity index (χ3v) is 4.53. The Morgan fingerprint density at radius 3 is 2.55 bits per heavy atom. The Bertz CT molecular complexity index is 549. The second kappa shape index (κ2) is 6.91. The Labute approximate surface area is 125 Å². The van der Waals surface area contributed by atoms with Crippen molar-refractivity contribution in [3.8, 4) is 5.75 Å². The average Bonchev–Trinajstić information content (AvgIpc) is 2.82. The highest BCUT2D eigenvalue weighted by atomic mass is 32.1. The minimum atomic E-state index is 0.201. The van der Waals surface area contributed by atoms with Gasteiger partial charge in [-0.05, 0) is 44.9 Å². The van der Waals surface area contributed by atoms with Gasteiger partial charge in [0.05, 0.1) is 0 Å². The predicted molar refractivity (Wildman–Crippen MR) is 86.5 cm³/mol. The maximum atomic E-state index is 9.98. The number of phenolic OH excluding ortho intramolecular Hbond substituents is 1. The van der Waals surface area contributed by atoms with Gasteiger partial charge in [0.1, 0.15) is 5.75 Å². The van der Waals surface area contributed by atoms with Crippen LogP contribution in [0.3, 0.4) is 0 Å². The normalized spacial score (nSPS) is 14.2. The van der Waals surface area contributed by atoms with Crippen molar-refractivity contribution in [1.29, 1.82) is 0 Å². The predicted octanol–water partition coefficient (Wildman–Crippen LogP) is 4.43. The lowest BCUT2D eigenvalue weighted by atomic mass is 10.0. The third-order valence-electron chi connectivity index (χ3n) is 3.51. The number of hydrogen-bond donors (Lipinski definition) is 2. The number of aromatic hydroxyl groups is 1. The van der Waals surface area contributed by atoms with Crippen LogP contribution in [0.25, 0.3) is 0 Å². The van der Waals surface area contributed by atoms with E-state index in [1.54, 1.807) is 6.07 Å². The molecule has 2 rings (SSSR count). The van der Waals surface area contributed by atoms with E-state index in [2.05, 4.69) is 38.2 Å². The molecule has 1 aromatic carbocycles. The van der Waals surface area contributed by atoms with Gasteiger partial charge in [-0.25, -0.2) is 0 Å². The van der Waals surface area contributed by atoms with E-state index in [0.29, 0.717) is 11.8 Å². The quantitative estimate of drug-likeness (QED) is 0.824. The monoisotopic (exact) mass is 289 g/mol. The number of thiophene rings is 1. The lowest BCUT2D eigenvalue weighted by Gasteiger charge is -2.23. The van der Waals surface area contributed by atoms with E-state index >= 15 is 0 Å². The summed E-state index contributed by atoms with van der Waals surface area (Å²) in [6.45, 7) is 6.49. The molecular weight excluding hydrogens is 266 g/mol. The summed E-state index contributed by atoms with van der Waals surface area (Å²) in [5, 5.41) is 13.6. The summed E-state index contributed by atoms with van der Waals surface area (Å²) in [7, 11) is 0. The summed E-state index contributed by atoms with van der Waals surface area (Å²) in [4.78, 5) is 2.77. The summed E-state index contributed by atoms with van der Waals surface area (Å²) in [6.07, 6.45) is 1.99. The molecule has 108 valence electrons. The van der Waals surface area contributed by atoms with Crippen LogP contribution in [0.5, 0.6) is 5.75 Å². The van der Waals surface area contributed by atoms with E-state index in [-0.39, 0.29) is 6.04 Å². The number of aryl methyl sites for hydroxylation is 1. The fourth-order valence-electron chi connectivity index (χ4n) is 2.51. The Morgan fingerprint density at radius 2 is 1.95 bits per heavy atom. The molecule has 0 aliphatic carbocycles. The molecule has 0 bridgehead atoms. The Balaban J connectivity index is 2.01. The maximum Gasteiger partial charge on any atom is 0.120 e. The minimum absolute atomic E-state index is 0.201. The van der Waals surface area contributed by atoms with Gasteiger partial charge in [0.2, 0.25) is 0 Å². The van der Waals surface area contributed by atoms with Gasteiger partial charge in [0, 0.05) is 27.4 Å². The van der Waals surface area contributed by atoms with Gasteiger partial charge in [0.25, 0.3) is 0 Å². The zero-order chi connectivity index (χ0) is 14.5. The Hall–Kier alpha value is -1.32. The van der Waals surface area contributed by atoms with E-state index in [9.17, 15) is 5.11 Å². The molecular formula is C17H23NOS. The molecule has 0 saturated carbocycles. The molecule has 1 aromatic heterocycles. The highest BCUT2D eigenvalue weighted by molar-refractivity contribution is 7.11. The highest BCUT2D eigenvalue weighted by Crippen LogP contribution is 2.26. The van der Waals surface area contributed by atoms with Crippen LogP contribution in [0, 0.1) is 6.92 Å². The van der Waals surface area contributed by atoms with Gasteiger partial charge >= 0.3 is 0 Å². The number of rotatable bonds is 6. The van der Waals surface area contributed by atoms with E-state index < -0.39 is 0 Å². The second-order valence-electron chi connectivity index (χ2n) is 5.30. The summed E-state index contributed by atoms with van der Waals surface area (Å²) in [5.74, 6) is 0.381. The van der Waals surface area contributed by atoms with Crippen LogP contribution >= 0.6 is 11.3 Å². The Kier molecular flexibility index (Phi) is 5.21. The molecule has 2 N–H and O–H groups in total. The molecule has 0 amide bonds. The van der Waals surface area contributed by atoms with Crippen LogP contribution in [0.4, 0.5) is 0 Å². The molecule has 0 aliphatic heterocycles. The number of benzene rings is 1. The van der Waals surface area contributed by atoms with Crippen molar-refractivity contribution < 1.29 is 5.11 Å². The summed E-state index contributed by atoms with van der Waals surface area (Å²) >= 11 is 1.86. The molecule has 2 nitrogen and oxygen atoms in total. The first-order valence-electron chi connectivity index (χ1n) is 7.19. The molecule has 2 unspecified atom stereocenters. The first-order valence-corrected chi connectivity index (χ1v) is 8.01. The number of hydrogen-bond acceptors (Lipinski definition) is 3. The molecule has 0 aliphatic rings. The molecule has 3 heteroatoms. The molecule has 20 heavy (non-hydrogen) atoms. The van der Waals surface area contributed by atoms with Crippen molar-refractivity contribution >= 4 is 11.3 Å². The lowest BCUT2D eigenvalue weighted by Crippen LogP contribution is -2.31. The molecule has 2 atom stereocenters. The van der Waals surface area contributed by atoms with Crippen LogP contribution in [0.1, 0.15) is 41.6 Å². The summed E-state index contributed by atoms with van der Waals surface area (Å²) in [5.41, 5.74) is 0.990. The molecule has 0 saturated heterocycles. The molecule has 1 heterocycles. The summed E-state index contributed by atoms with van der Waals surface area (Å²) in [6, 6.07) is 12.6. The zero-order valence-electron chi connectivity index (χ0n) is 12.4. The standard InChI is InChI=1S/C17H23NOS/c1-4-16(15-7-5-6-8-17(15)19)18-12(2)11-14-10-9-13(3)20-14/h5-10,12,16,18-19H,4,11H2,1-3H3. The van der Waals surface area contributed by atoms with Crippen molar-refractivity contribution in [2.45, 2.75) is 45.7 Å². The van der Waals surface area contributed by atoms with Crippen molar-refractivity contribution in [2.75, 3.05) is 0 Å². The van der Waals surface area contributed by atoms with Crippen molar-refractivity contribution in [3.63, 3.8) is 0 Å². The van der Waals surface area contributed by atoms with Crippen LogP contribution in [0.2, 0.25) is 0 Å². The van der Waals surface area contributed by atoms with Crippen molar-refractivity contribution in [1.82, 2.24) is 5.32 Å². The van der Waals surface area contributed by atoms with Gasteiger partial charge < -0.3 is 10.4 Å². The van der Waals surface area contributed by atoms with Gasteiger partial charge in [0.15, 0.2) is 0 Å².